The zero-order chi connectivity index (χ0) is 16.1. The average molecular weight is 312 g/mol. The van der Waals surface area contributed by atoms with Crippen molar-refractivity contribution in [1.29, 1.82) is 0 Å². The molecule has 0 aliphatic carbocycles. The molecule has 6 heteroatoms. The Morgan fingerprint density at radius 1 is 1.33 bits per heavy atom. The third-order valence-electron chi connectivity index (χ3n) is 3.16. The van der Waals surface area contributed by atoms with E-state index in [-0.39, 0.29) is 11.7 Å². The summed E-state index contributed by atoms with van der Waals surface area (Å²) in [6.45, 7) is 4.03. The van der Waals surface area contributed by atoms with Crippen LogP contribution in [0, 0.1) is 0 Å². The van der Waals surface area contributed by atoms with E-state index in [9.17, 15) is 13.2 Å². The molecule has 3 N–H and O–H groups in total. The largest absolute Gasteiger partial charge is 0.350 e. The Morgan fingerprint density at radius 3 is 2.52 bits per heavy atom. The number of carbonyl (C=O) groups excluding carboxylic acids is 1. The predicted molar refractivity (Wildman–Crippen MR) is 84.3 cm³/mol. The first-order valence-corrected chi connectivity index (χ1v) is 9.03. The summed E-state index contributed by atoms with van der Waals surface area (Å²) in [6.07, 6.45) is 2.66. The third kappa shape index (κ3) is 6.27. The number of benzene rings is 1. The lowest BCUT2D eigenvalue weighted by molar-refractivity contribution is -0.126. The Kier molecular flexibility index (Phi) is 5.92. The molecule has 0 fully saturated rings. The van der Waals surface area contributed by atoms with Crippen LogP contribution < -0.4 is 11.1 Å². The van der Waals surface area contributed by atoms with E-state index < -0.39 is 15.4 Å². The highest BCUT2D eigenvalue weighted by atomic mass is 32.2. The molecule has 0 saturated carbocycles. The number of carbonyl (C=O) groups is 1. The van der Waals surface area contributed by atoms with Gasteiger partial charge in [0.2, 0.25) is 5.91 Å². The van der Waals surface area contributed by atoms with Crippen LogP contribution in [0.1, 0.15) is 37.8 Å². The molecule has 0 saturated heterocycles. The SMILES string of the molecule is CCCC(C)(N)C(=O)NCc1cccc(CS(C)(=O)=O)c1. The van der Waals surface area contributed by atoms with E-state index in [4.69, 9.17) is 5.73 Å². The molecule has 0 radical (unpaired) electrons. The van der Waals surface area contributed by atoms with Crippen molar-refractivity contribution in [3.05, 3.63) is 35.4 Å². The van der Waals surface area contributed by atoms with Crippen LogP contribution in [-0.4, -0.2) is 26.1 Å². The van der Waals surface area contributed by atoms with Crippen LogP contribution in [-0.2, 0) is 26.9 Å². The highest BCUT2D eigenvalue weighted by molar-refractivity contribution is 7.89. The maximum absolute atomic E-state index is 12.0. The Morgan fingerprint density at radius 2 is 1.95 bits per heavy atom. The first kappa shape index (κ1) is 17.7. The fourth-order valence-electron chi connectivity index (χ4n) is 2.15. The molecule has 21 heavy (non-hydrogen) atoms. The minimum Gasteiger partial charge on any atom is -0.350 e. The van der Waals surface area contributed by atoms with E-state index >= 15 is 0 Å². The summed E-state index contributed by atoms with van der Waals surface area (Å²) in [4.78, 5) is 12.0. The van der Waals surface area contributed by atoms with Gasteiger partial charge in [0, 0.05) is 12.8 Å². The Labute approximate surface area is 126 Å². The van der Waals surface area contributed by atoms with Crippen LogP contribution >= 0.6 is 0 Å². The van der Waals surface area contributed by atoms with E-state index in [0.29, 0.717) is 18.5 Å². The second-order valence-electron chi connectivity index (χ2n) is 5.74. The maximum Gasteiger partial charge on any atom is 0.240 e. The highest BCUT2D eigenvalue weighted by Gasteiger charge is 2.26. The van der Waals surface area contributed by atoms with E-state index in [1.165, 1.54) is 6.26 Å². The van der Waals surface area contributed by atoms with Crippen molar-refractivity contribution in [3.8, 4) is 0 Å². The lowest BCUT2D eigenvalue weighted by Gasteiger charge is -2.22. The Bertz CT molecular complexity index is 595. The van der Waals surface area contributed by atoms with Crippen LogP contribution in [0.4, 0.5) is 0 Å². The number of hydrogen-bond acceptors (Lipinski definition) is 4. The minimum atomic E-state index is -3.06. The highest BCUT2D eigenvalue weighted by Crippen LogP contribution is 2.11. The van der Waals surface area contributed by atoms with Crippen LogP contribution in [0.5, 0.6) is 0 Å². The zero-order valence-corrected chi connectivity index (χ0v) is 13.7. The topological polar surface area (TPSA) is 89.3 Å². The molecule has 0 heterocycles. The van der Waals surface area contributed by atoms with E-state index in [0.717, 1.165) is 12.0 Å². The standard InChI is InChI=1S/C15H24N2O3S/c1-4-8-15(2,16)14(18)17-10-12-6-5-7-13(9-12)11-21(3,19)20/h5-7,9H,4,8,10-11,16H2,1-3H3,(H,17,18). The van der Waals surface area contributed by atoms with Crippen LogP contribution in [0.3, 0.4) is 0 Å². The molecule has 1 rings (SSSR count). The second kappa shape index (κ2) is 7.04. The summed E-state index contributed by atoms with van der Waals surface area (Å²) in [5, 5.41) is 2.80. The summed E-state index contributed by atoms with van der Waals surface area (Å²) >= 11 is 0. The molecule has 1 atom stereocenters. The lowest BCUT2D eigenvalue weighted by atomic mass is 9.96. The molecular formula is C15H24N2O3S. The van der Waals surface area contributed by atoms with Crippen LogP contribution in [0.15, 0.2) is 24.3 Å². The van der Waals surface area contributed by atoms with Gasteiger partial charge in [-0.15, -0.1) is 0 Å². The van der Waals surface area contributed by atoms with Crippen molar-refractivity contribution < 1.29 is 13.2 Å². The molecular weight excluding hydrogens is 288 g/mol. The molecule has 1 aromatic carbocycles. The fraction of sp³-hybridized carbons (Fsp3) is 0.533. The van der Waals surface area contributed by atoms with Gasteiger partial charge in [0.25, 0.3) is 0 Å². The summed E-state index contributed by atoms with van der Waals surface area (Å²) in [5.41, 5.74) is 6.66. The molecule has 0 spiro atoms. The van der Waals surface area contributed by atoms with E-state index in [1.807, 2.05) is 13.0 Å². The van der Waals surface area contributed by atoms with Crippen molar-refractivity contribution in [2.24, 2.45) is 5.73 Å². The molecule has 118 valence electrons. The van der Waals surface area contributed by atoms with Gasteiger partial charge in [-0.3, -0.25) is 4.79 Å². The van der Waals surface area contributed by atoms with Crippen molar-refractivity contribution >= 4 is 15.7 Å². The molecule has 0 bridgehead atoms. The third-order valence-corrected chi connectivity index (χ3v) is 4.02. The first-order valence-electron chi connectivity index (χ1n) is 6.97. The lowest BCUT2D eigenvalue weighted by Crippen LogP contribution is -2.51. The second-order valence-corrected chi connectivity index (χ2v) is 7.88. The number of rotatable bonds is 7. The molecule has 0 aliphatic rings. The first-order chi connectivity index (χ1) is 9.64. The van der Waals surface area contributed by atoms with E-state index in [1.54, 1.807) is 25.1 Å². The average Bonchev–Trinajstić information content (AvgIpc) is 2.34. The normalized spacial score (nSPS) is 14.5. The predicted octanol–water partition coefficient (Wildman–Crippen LogP) is 1.36. The van der Waals surface area contributed by atoms with Crippen molar-refractivity contribution in [2.45, 2.75) is 44.5 Å². The minimum absolute atomic E-state index is 0.000769. The number of hydrogen-bond donors (Lipinski definition) is 2. The number of nitrogens with one attached hydrogen (secondary N) is 1. The number of nitrogens with two attached hydrogens (primary N) is 1. The summed E-state index contributed by atoms with van der Waals surface area (Å²) < 4.78 is 22.6. The van der Waals surface area contributed by atoms with Gasteiger partial charge in [-0.2, -0.15) is 0 Å². The Hall–Kier alpha value is -1.40. The monoisotopic (exact) mass is 312 g/mol. The van der Waals surface area contributed by atoms with Gasteiger partial charge >= 0.3 is 0 Å². The molecule has 1 unspecified atom stereocenters. The molecule has 1 amide bonds. The fourth-order valence-corrected chi connectivity index (χ4v) is 2.93. The quantitative estimate of drug-likeness (QED) is 0.795. The molecule has 1 aromatic rings. The van der Waals surface area contributed by atoms with Gasteiger partial charge in [-0.05, 0) is 24.5 Å². The van der Waals surface area contributed by atoms with E-state index in [2.05, 4.69) is 5.32 Å². The maximum atomic E-state index is 12.0. The Balaban J connectivity index is 2.68. The number of amides is 1. The van der Waals surface area contributed by atoms with Gasteiger partial charge < -0.3 is 11.1 Å². The van der Waals surface area contributed by atoms with Gasteiger partial charge in [-0.25, -0.2) is 8.42 Å². The van der Waals surface area contributed by atoms with Crippen molar-refractivity contribution in [1.82, 2.24) is 5.32 Å². The summed E-state index contributed by atoms with van der Waals surface area (Å²) in [7, 11) is -3.06. The van der Waals surface area contributed by atoms with Gasteiger partial charge in [0.05, 0.1) is 11.3 Å². The summed E-state index contributed by atoms with van der Waals surface area (Å²) in [5.74, 6) is -0.197. The molecule has 0 aliphatic heterocycles. The van der Waals surface area contributed by atoms with Crippen molar-refractivity contribution in [3.63, 3.8) is 0 Å². The summed E-state index contributed by atoms with van der Waals surface area (Å²) in [6, 6.07) is 7.18. The molecule has 5 nitrogen and oxygen atoms in total. The zero-order valence-electron chi connectivity index (χ0n) is 12.8. The molecule has 0 aromatic heterocycles. The van der Waals surface area contributed by atoms with Gasteiger partial charge in [0.1, 0.15) is 0 Å². The van der Waals surface area contributed by atoms with Gasteiger partial charge in [-0.1, -0.05) is 37.6 Å². The van der Waals surface area contributed by atoms with Crippen LogP contribution in [0.2, 0.25) is 0 Å². The van der Waals surface area contributed by atoms with Gasteiger partial charge in [0.15, 0.2) is 9.84 Å². The number of sulfone groups is 1. The van der Waals surface area contributed by atoms with Crippen LogP contribution in [0.25, 0.3) is 0 Å². The van der Waals surface area contributed by atoms with Crippen molar-refractivity contribution in [2.75, 3.05) is 6.26 Å². The smallest absolute Gasteiger partial charge is 0.240 e.